The molecule has 2 aromatic heterocycles. The topological polar surface area (TPSA) is 109 Å². The fraction of sp³-hybridized carbons (Fsp3) is 0.435. The van der Waals surface area contributed by atoms with Crippen molar-refractivity contribution < 1.29 is 9.59 Å². The van der Waals surface area contributed by atoms with E-state index in [1.54, 1.807) is 0 Å². The second-order valence-electron chi connectivity index (χ2n) is 8.24. The van der Waals surface area contributed by atoms with Crippen LogP contribution >= 0.6 is 11.3 Å². The van der Waals surface area contributed by atoms with Gasteiger partial charge in [-0.3, -0.25) is 19.0 Å². The molecule has 9 nitrogen and oxygen atoms in total. The van der Waals surface area contributed by atoms with E-state index < -0.39 is 0 Å². The number of carbonyl (C=O) groups excluding carboxylic acids is 2. The van der Waals surface area contributed by atoms with Gasteiger partial charge < -0.3 is 15.5 Å². The molecule has 2 N–H and O–H groups in total. The highest BCUT2D eigenvalue weighted by Gasteiger charge is 2.26. The van der Waals surface area contributed by atoms with Crippen molar-refractivity contribution in [2.45, 2.75) is 39.7 Å². The summed E-state index contributed by atoms with van der Waals surface area (Å²) in [7, 11) is 0. The van der Waals surface area contributed by atoms with Crippen LogP contribution in [0.3, 0.4) is 0 Å². The molecule has 0 saturated carbocycles. The van der Waals surface area contributed by atoms with Crippen LogP contribution in [0.5, 0.6) is 0 Å². The minimum Gasteiger partial charge on any atom is -0.356 e. The van der Waals surface area contributed by atoms with Crippen LogP contribution in [0.1, 0.15) is 31.7 Å². The van der Waals surface area contributed by atoms with Gasteiger partial charge in [0.2, 0.25) is 11.8 Å². The highest BCUT2D eigenvalue weighted by Crippen LogP contribution is 2.29. The minimum atomic E-state index is -0.291. The molecule has 1 aliphatic heterocycles. The van der Waals surface area contributed by atoms with Gasteiger partial charge in [-0.15, -0.1) is 0 Å². The zero-order chi connectivity index (χ0) is 23.4. The van der Waals surface area contributed by atoms with Crippen LogP contribution in [0.2, 0.25) is 0 Å². The molecule has 10 heteroatoms. The number of thiazole rings is 1. The van der Waals surface area contributed by atoms with Gasteiger partial charge in [-0.2, -0.15) is 4.98 Å². The van der Waals surface area contributed by atoms with Crippen molar-refractivity contribution >= 4 is 44.3 Å². The number of amides is 2. The van der Waals surface area contributed by atoms with Crippen LogP contribution in [0.4, 0.5) is 10.8 Å². The zero-order valence-electron chi connectivity index (χ0n) is 18.8. The van der Waals surface area contributed by atoms with E-state index in [1.165, 1.54) is 22.2 Å². The molecule has 1 aliphatic rings. The van der Waals surface area contributed by atoms with Gasteiger partial charge in [0, 0.05) is 31.2 Å². The number of hydrogen-bond donors (Lipinski definition) is 2. The molecule has 1 fully saturated rings. The number of aryl methyl sites for hydroxylation is 1. The van der Waals surface area contributed by atoms with Crippen molar-refractivity contribution in [3.8, 4) is 0 Å². The monoisotopic (exact) mass is 468 g/mol. The Labute approximate surface area is 195 Å². The summed E-state index contributed by atoms with van der Waals surface area (Å²) in [6.45, 7) is 5.94. The normalized spacial score (nSPS) is 14.4. The highest BCUT2D eigenvalue weighted by atomic mass is 32.1. The number of piperidine rings is 1. The minimum absolute atomic E-state index is 0.0179. The Kier molecular flexibility index (Phi) is 7.02. The predicted octanol–water partition coefficient (Wildman–Crippen LogP) is 2.54. The number of rotatable bonds is 7. The maximum absolute atomic E-state index is 13.0. The molecular formula is C23H28N6O3S. The smallest absolute Gasteiger partial charge is 0.273 e. The molecule has 1 aromatic carbocycles. The number of nitrogens with one attached hydrogen (secondary N) is 2. The summed E-state index contributed by atoms with van der Waals surface area (Å²) in [5.74, 6) is -0.153. The fourth-order valence-corrected chi connectivity index (χ4v) is 4.89. The quantitative estimate of drug-likeness (QED) is 0.552. The first kappa shape index (κ1) is 22.9. The van der Waals surface area contributed by atoms with Gasteiger partial charge in [0.25, 0.3) is 5.56 Å². The number of carbonyl (C=O) groups is 2. The fourth-order valence-electron chi connectivity index (χ4n) is 3.87. The number of hydrogen-bond acceptors (Lipinski definition) is 7. The van der Waals surface area contributed by atoms with Gasteiger partial charge in [-0.05, 0) is 37.8 Å². The first-order chi connectivity index (χ1) is 16.0. The Morgan fingerprint density at radius 2 is 1.97 bits per heavy atom. The summed E-state index contributed by atoms with van der Waals surface area (Å²) in [6.07, 6.45) is 3.80. The van der Waals surface area contributed by atoms with Crippen LogP contribution in [0, 0.1) is 12.8 Å². The number of fused-ring (bicyclic) bond motifs is 1. The maximum Gasteiger partial charge on any atom is 0.273 e. The zero-order valence-corrected chi connectivity index (χ0v) is 19.7. The highest BCUT2D eigenvalue weighted by molar-refractivity contribution is 7.22. The summed E-state index contributed by atoms with van der Waals surface area (Å²) >= 11 is 1.29. The number of benzene rings is 1. The molecule has 0 atom stereocenters. The van der Waals surface area contributed by atoms with E-state index in [2.05, 4.69) is 25.5 Å². The van der Waals surface area contributed by atoms with Gasteiger partial charge in [0.05, 0.1) is 0 Å². The third-order valence-corrected chi connectivity index (χ3v) is 6.88. The van der Waals surface area contributed by atoms with Crippen molar-refractivity contribution in [3.05, 3.63) is 46.5 Å². The van der Waals surface area contributed by atoms with E-state index in [-0.39, 0.29) is 29.8 Å². The van der Waals surface area contributed by atoms with Crippen LogP contribution in [0.15, 0.2) is 35.4 Å². The molecule has 174 valence electrons. The second-order valence-corrected chi connectivity index (χ2v) is 9.22. The lowest BCUT2D eigenvalue weighted by Crippen LogP contribution is -2.40. The third-order valence-electron chi connectivity index (χ3n) is 5.79. The van der Waals surface area contributed by atoms with Crippen LogP contribution in [0.25, 0.3) is 10.3 Å². The molecule has 3 heterocycles. The first-order valence-corrected chi connectivity index (χ1v) is 12.0. The molecule has 0 aliphatic carbocycles. The molecule has 33 heavy (non-hydrogen) atoms. The van der Waals surface area contributed by atoms with Crippen molar-refractivity contribution in [1.29, 1.82) is 0 Å². The summed E-state index contributed by atoms with van der Waals surface area (Å²) in [5.41, 5.74) is 1.78. The number of anilines is 2. The largest absolute Gasteiger partial charge is 0.356 e. The lowest BCUT2D eigenvalue weighted by Gasteiger charge is -2.30. The Morgan fingerprint density at radius 3 is 2.70 bits per heavy atom. The van der Waals surface area contributed by atoms with Gasteiger partial charge >= 0.3 is 0 Å². The van der Waals surface area contributed by atoms with Crippen molar-refractivity contribution in [2.75, 3.05) is 29.9 Å². The summed E-state index contributed by atoms with van der Waals surface area (Å²) < 4.78 is 1.74. The molecule has 1 saturated heterocycles. The molecule has 0 spiro atoms. The van der Waals surface area contributed by atoms with E-state index in [9.17, 15) is 14.4 Å². The Bertz CT molecular complexity index is 1210. The third kappa shape index (κ3) is 5.22. The van der Waals surface area contributed by atoms with Gasteiger partial charge in [0.1, 0.15) is 17.6 Å². The molecule has 2 amide bonds. The predicted molar refractivity (Wildman–Crippen MR) is 130 cm³/mol. The standard InChI is InChI=1S/C23H28N6O3S/c1-3-10-24-21(31)16-8-11-28(12-9-16)23-27-20-19(33-23)22(32)29(14-25-20)13-18(30)26-17-7-5-4-6-15(17)2/h4-7,14,16H,3,8-13H2,1-2H3,(H,24,31)(H,26,30). The SMILES string of the molecule is CCCNC(=O)C1CCN(c2nc3ncn(CC(=O)Nc4ccccc4C)c(=O)c3s2)CC1. The van der Waals surface area contributed by atoms with Crippen molar-refractivity contribution in [1.82, 2.24) is 19.9 Å². The Balaban J connectivity index is 1.43. The number of nitrogens with zero attached hydrogens (tertiary/aromatic N) is 4. The Hall–Kier alpha value is -3.27. The molecular weight excluding hydrogens is 440 g/mol. The van der Waals surface area contributed by atoms with E-state index in [1.807, 2.05) is 38.1 Å². The van der Waals surface area contributed by atoms with Gasteiger partial charge in [0.15, 0.2) is 10.8 Å². The van der Waals surface area contributed by atoms with Crippen LogP contribution < -0.4 is 21.1 Å². The number of aromatic nitrogens is 3. The summed E-state index contributed by atoms with van der Waals surface area (Å²) in [5, 5.41) is 6.53. The average Bonchev–Trinajstić information content (AvgIpc) is 3.26. The number of para-hydroxylation sites is 1. The summed E-state index contributed by atoms with van der Waals surface area (Å²) in [6, 6.07) is 7.48. The van der Waals surface area contributed by atoms with Crippen LogP contribution in [-0.2, 0) is 16.1 Å². The van der Waals surface area contributed by atoms with E-state index in [0.717, 1.165) is 35.6 Å². The van der Waals surface area contributed by atoms with Gasteiger partial charge in [-0.25, -0.2) is 4.98 Å². The second kappa shape index (κ2) is 10.1. The lowest BCUT2D eigenvalue weighted by molar-refractivity contribution is -0.125. The average molecular weight is 469 g/mol. The van der Waals surface area contributed by atoms with Crippen molar-refractivity contribution in [3.63, 3.8) is 0 Å². The molecule has 0 bridgehead atoms. The molecule has 4 rings (SSSR count). The molecule has 0 radical (unpaired) electrons. The lowest BCUT2D eigenvalue weighted by atomic mass is 9.96. The first-order valence-electron chi connectivity index (χ1n) is 11.2. The molecule has 3 aromatic rings. The van der Waals surface area contributed by atoms with Crippen molar-refractivity contribution in [2.24, 2.45) is 5.92 Å². The van der Waals surface area contributed by atoms with Crippen LogP contribution in [-0.4, -0.2) is 46.0 Å². The van der Waals surface area contributed by atoms with Gasteiger partial charge in [-0.1, -0.05) is 36.5 Å². The maximum atomic E-state index is 13.0. The van der Waals surface area contributed by atoms with E-state index in [0.29, 0.717) is 30.0 Å². The summed E-state index contributed by atoms with van der Waals surface area (Å²) in [4.78, 5) is 48.6. The van der Waals surface area contributed by atoms with E-state index in [4.69, 9.17) is 0 Å². The Morgan fingerprint density at radius 1 is 1.21 bits per heavy atom. The van der Waals surface area contributed by atoms with E-state index >= 15 is 0 Å². The molecule has 0 unspecified atom stereocenters.